The Kier molecular flexibility index (Phi) is 5.35. The molecule has 1 aliphatic heterocycles. The van der Waals surface area contributed by atoms with Gasteiger partial charge in [0, 0.05) is 32.6 Å². The molecule has 0 aromatic heterocycles. The van der Waals surface area contributed by atoms with Gasteiger partial charge in [-0.05, 0) is 19.9 Å². The van der Waals surface area contributed by atoms with Gasteiger partial charge in [0.15, 0.2) is 0 Å². The minimum absolute atomic E-state index is 0.0937. The number of piperidine rings is 1. The lowest BCUT2D eigenvalue weighted by molar-refractivity contribution is -0.129. The van der Waals surface area contributed by atoms with Gasteiger partial charge < -0.3 is 10.2 Å². The van der Waals surface area contributed by atoms with Gasteiger partial charge >= 0.3 is 0 Å². The van der Waals surface area contributed by atoms with E-state index in [1.54, 1.807) is 6.92 Å². The summed E-state index contributed by atoms with van der Waals surface area (Å²) in [5.41, 5.74) is 0. The molecule has 0 bridgehead atoms. The zero-order valence-corrected chi connectivity index (χ0v) is 11.2. The number of hydrogen-bond acceptors (Lipinski definition) is 4. The van der Waals surface area contributed by atoms with Crippen LogP contribution in [0.5, 0.6) is 0 Å². The Morgan fingerprint density at radius 1 is 1.35 bits per heavy atom. The van der Waals surface area contributed by atoms with Crippen molar-refractivity contribution in [1.29, 1.82) is 0 Å². The maximum Gasteiger partial charge on any atom is 0.219 e. The monoisotopic (exact) mass is 263 g/mol. The molecule has 1 fully saturated rings. The number of carbonyl (C=O) groups is 1. The number of carbonyl (C=O) groups excluding carboxylic acids is 1. The minimum Gasteiger partial charge on any atom is -0.343 e. The molecule has 1 aliphatic rings. The fraction of sp³-hybridized carbons (Fsp3) is 0.900. The molecular formula is C10H21N3O3S. The molecule has 1 amide bonds. The number of likely N-dealkylation sites (tertiary alicyclic amines) is 1. The standard InChI is InChI=1S/C10H21N3O3S/c1-9(14)13-6-3-10(4-7-13)12-5-8-17(15,16)11-2/h10-12H,3-8H2,1-2H3. The molecule has 6 nitrogen and oxygen atoms in total. The van der Waals surface area contributed by atoms with Crippen LogP contribution in [0, 0.1) is 0 Å². The first-order chi connectivity index (χ1) is 7.94. The van der Waals surface area contributed by atoms with Crippen molar-refractivity contribution in [3.05, 3.63) is 0 Å². The maximum absolute atomic E-state index is 11.2. The average molecular weight is 263 g/mol. The molecular weight excluding hydrogens is 242 g/mol. The van der Waals surface area contributed by atoms with Crippen LogP contribution in [0.2, 0.25) is 0 Å². The largest absolute Gasteiger partial charge is 0.343 e. The highest BCUT2D eigenvalue weighted by Gasteiger charge is 2.20. The second kappa shape index (κ2) is 6.32. The van der Waals surface area contributed by atoms with Crippen molar-refractivity contribution < 1.29 is 13.2 Å². The predicted octanol–water partition coefficient (Wildman–Crippen LogP) is -0.864. The molecule has 1 saturated heterocycles. The van der Waals surface area contributed by atoms with Gasteiger partial charge in [-0.2, -0.15) is 0 Å². The summed E-state index contributed by atoms with van der Waals surface area (Å²) in [5.74, 6) is 0.206. The van der Waals surface area contributed by atoms with E-state index in [2.05, 4.69) is 10.0 Å². The number of amides is 1. The summed E-state index contributed by atoms with van der Waals surface area (Å²) in [6.45, 7) is 3.54. The van der Waals surface area contributed by atoms with E-state index in [0.717, 1.165) is 25.9 Å². The normalized spacial score (nSPS) is 18.4. The van der Waals surface area contributed by atoms with E-state index in [1.807, 2.05) is 4.90 Å². The fourth-order valence-corrected chi connectivity index (χ4v) is 2.49. The molecule has 1 rings (SSSR count). The highest BCUT2D eigenvalue weighted by atomic mass is 32.2. The lowest BCUT2D eigenvalue weighted by atomic mass is 10.1. The van der Waals surface area contributed by atoms with Crippen LogP contribution in [0.4, 0.5) is 0 Å². The number of hydrogen-bond donors (Lipinski definition) is 2. The van der Waals surface area contributed by atoms with Crippen molar-refractivity contribution in [2.75, 3.05) is 32.4 Å². The molecule has 2 N–H and O–H groups in total. The SMILES string of the molecule is CNS(=O)(=O)CCNC1CCN(C(C)=O)CC1. The van der Waals surface area contributed by atoms with Gasteiger partial charge in [-0.25, -0.2) is 13.1 Å². The quantitative estimate of drug-likeness (QED) is 0.676. The fourth-order valence-electron chi connectivity index (χ4n) is 1.90. The first-order valence-corrected chi connectivity index (χ1v) is 7.50. The summed E-state index contributed by atoms with van der Waals surface area (Å²) < 4.78 is 24.6. The molecule has 7 heteroatoms. The van der Waals surface area contributed by atoms with E-state index < -0.39 is 10.0 Å². The molecule has 0 radical (unpaired) electrons. The Labute approximate surface area is 103 Å². The average Bonchev–Trinajstić information content (AvgIpc) is 2.29. The van der Waals surface area contributed by atoms with Gasteiger partial charge in [-0.3, -0.25) is 4.79 Å². The van der Waals surface area contributed by atoms with Crippen LogP contribution in [0.25, 0.3) is 0 Å². The Bertz CT molecular complexity index is 348. The third kappa shape index (κ3) is 5.01. The van der Waals surface area contributed by atoms with E-state index in [9.17, 15) is 13.2 Å². The van der Waals surface area contributed by atoms with E-state index >= 15 is 0 Å². The van der Waals surface area contributed by atoms with Crippen molar-refractivity contribution >= 4 is 15.9 Å². The van der Waals surface area contributed by atoms with Crippen LogP contribution >= 0.6 is 0 Å². The third-order valence-electron chi connectivity index (χ3n) is 3.06. The van der Waals surface area contributed by atoms with Gasteiger partial charge in [0.25, 0.3) is 0 Å². The molecule has 0 saturated carbocycles. The van der Waals surface area contributed by atoms with Gasteiger partial charge in [-0.1, -0.05) is 0 Å². The number of rotatable bonds is 5. The predicted molar refractivity (Wildman–Crippen MR) is 66.1 cm³/mol. The van der Waals surface area contributed by atoms with Crippen molar-refractivity contribution in [2.24, 2.45) is 0 Å². The van der Waals surface area contributed by atoms with Crippen LogP contribution in [0.15, 0.2) is 0 Å². The van der Waals surface area contributed by atoms with Crippen LogP contribution < -0.4 is 10.0 Å². The summed E-state index contributed by atoms with van der Waals surface area (Å²) in [5, 5.41) is 3.21. The molecule has 0 aliphatic carbocycles. The van der Waals surface area contributed by atoms with Crippen LogP contribution in [0.1, 0.15) is 19.8 Å². The zero-order chi connectivity index (χ0) is 12.9. The van der Waals surface area contributed by atoms with Crippen molar-refractivity contribution in [3.8, 4) is 0 Å². The number of nitrogens with zero attached hydrogens (tertiary/aromatic N) is 1. The summed E-state index contributed by atoms with van der Waals surface area (Å²) in [4.78, 5) is 12.9. The van der Waals surface area contributed by atoms with Crippen LogP contribution in [-0.2, 0) is 14.8 Å². The second-order valence-electron chi connectivity index (χ2n) is 4.26. The van der Waals surface area contributed by atoms with E-state index in [4.69, 9.17) is 0 Å². The molecule has 0 atom stereocenters. The molecule has 17 heavy (non-hydrogen) atoms. The molecule has 1 heterocycles. The summed E-state index contributed by atoms with van der Waals surface area (Å²) in [6.07, 6.45) is 1.78. The lowest BCUT2D eigenvalue weighted by Crippen LogP contribution is -2.45. The molecule has 0 unspecified atom stereocenters. The molecule has 0 aromatic carbocycles. The Hall–Kier alpha value is -0.660. The van der Waals surface area contributed by atoms with Crippen LogP contribution in [-0.4, -0.2) is 57.7 Å². The Balaban J connectivity index is 2.21. The smallest absolute Gasteiger partial charge is 0.219 e. The van der Waals surface area contributed by atoms with Crippen molar-refractivity contribution in [2.45, 2.75) is 25.8 Å². The van der Waals surface area contributed by atoms with Gasteiger partial charge in [-0.15, -0.1) is 0 Å². The molecule has 0 spiro atoms. The molecule has 0 aromatic rings. The minimum atomic E-state index is -3.12. The second-order valence-corrected chi connectivity index (χ2v) is 6.30. The summed E-state index contributed by atoms with van der Waals surface area (Å²) in [7, 11) is -1.70. The highest BCUT2D eigenvalue weighted by Crippen LogP contribution is 2.09. The summed E-state index contributed by atoms with van der Waals surface area (Å²) >= 11 is 0. The Morgan fingerprint density at radius 3 is 2.41 bits per heavy atom. The number of sulfonamides is 1. The van der Waals surface area contributed by atoms with Gasteiger partial charge in [0.2, 0.25) is 15.9 Å². The van der Waals surface area contributed by atoms with E-state index in [-0.39, 0.29) is 11.7 Å². The van der Waals surface area contributed by atoms with E-state index in [1.165, 1.54) is 7.05 Å². The maximum atomic E-state index is 11.2. The third-order valence-corrected chi connectivity index (χ3v) is 4.42. The lowest BCUT2D eigenvalue weighted by Gasteiger charge is -2.31. The van der Waals surface area contributed by atoms with Crippen molar-refractivity contribution in [3.63, 3.8) is 0 Å². The number of nitrogens with one attached hydrogen (secondary N) is 2. The van der Waals surface area contributed by atoms with Crippen LogP contribution in [0.3, 0.4) is 0 Å². The highest BCUT2D eigenvalue weighted by molar-refractivity contribution is 7.89. The molecule has 100 valence electrons. The van der Waals surface area contributed by atoms with Gasteiger partial charge in [0.1, 0.15) is 0 Å². The topological polar surface area (TPSA) is 78.5 Å². The van der Waals surface area contributed by atoms with E-state index in [0.29, 0.717) is 12.6 Å². The first kappa shape index (κ1) is 14.4. The Morgan fingerprint density at radius 2 is 1.94 bits per heavy atom. The van der Waals surface area contributed by atoms with Gasteiger partial charge in [0.05, 0.1) is 5.75 Å². The zero-order valence-electron chi connectivity index (χ0n) is 10.4. The first-order valence-electron chi connectivity index (χ1n) is 5.85. The van der Waals surface area contributed by atoms with Crippen molar-refractivity contribution in [1.82, 2.24) is 14.9 Å². The summed E-state index contributed by atoms with van der Waals surface area (Å²) in [6, 6.07) is 0.317.